The van der Waals surface area contributed by atoms with Crippen LogP contribution in [0, 0.1) is 12.8 Å². The molecule has 0 amide bonds. The molecule has 0 aromatic carbocycles. The summed E-state index contributed by atoms with van der Waals surface area (Å²) in [5.74, 6) is 3.63. The molecule has 0 radical (unpaired) electrons. The Balaban J connectivity index is 1.44. The molecule has 0 aliphatic carbocycles. The highest BCUT2D eigenvalue weighted by atomic mass is 16.4. The van der Waals surface area contributed by atoms with Crippen LogP contribution < -0.4 is 4.90 Å². The Bertz CT molecular complexity index is 909. The van der Waals surface area contributed by atoms with E-state index >= 15 is 0 Å². The van der Waals surface area contributed by atoms with Crippen molar-refractivity contribution in [3.63, 3.8) is 0 Å². The third kappa shape index (κ3) is 3.64. The molecule has 0 unspecified atom stereocenters. The van der Waals surface area contributed by atoms with Crippen LogP contribution in [0.15, 0.2) is 16.8 Å². The summed E-state index contributed by atoms with van der Waals surface area (Å²) >= 11 is 0. The summed E-state index contributed by atoms with van der Waals surface area (Å²) in [5.41, 5.74) is 0.949. The minimum absolute atomic E-state index is 0.117. The van der Waals surface area contributed by atoms with Crippen LogP contribution >= 0.6 is 0 Å². The Morgan fingerprint density at radius 2 is 1.89 bits per heavy atom. The zero-order valence-corrected chi connectivity index (χ0v) is 16.3. The lowest BCUT2D eigenvalue weighted by Gasteiger charge is -2.37. The molecular formula is C18H26N8O. The predicted molar refractivity (Wildman–Crippen MR) is 101 cm³/mol. The number of fused-ring (bicyclic) bond motifs is 1. The van der Waals surface area contributed by atoms with Crippen molar-refractivity contribution in [2.45, 2.75) is 40.2 Å². The van der Waals surface area contributed by atoms with Crippen LogP contribution in [0.1, 0.15) is 44.3 Å². The Morgan fingerprint density at radius 3 is 2.63 bits per heavy atom. The Hall–Kier alpha value is -2.55. The van der Waals surface area contributed by atoms with Crippen LogP contribution in [0.2, 0.25) is 0 Å². The van der Waals surface area contributed by atoms with Crippen LogP contribution in [-0.2, 0) is 6.42 Å². The molecule has 0 spiro atoms. The van der Waals surface area contributed by atoms with Crippen molar-refractivity contribution in [1.82, 2.24) is 34.7 Å². The van der Waals surface area contributed by atoms with Crippen molar-refractivity contribution in [2.75, 3.05) is 31.1 Å². The maximum Gasteiger partial charge on any atom is 0.254 e. The van der Waals surface area contributed by atoms with Gasteiger partial charge in [-0.25, -0.2) is 4.98 Å². The third-order valence-electron chi connectivity index (χ3n) is 4.97. The van der Waals surface area contributed by atoms with Gasteiger partial charge in [0.25, 0.3) is 5.78 Å². The first-order valence-corrected chi connectivity index (χ1v) is 9.50. The number of piperazine rings is 1. The summed E-state index contributed by atoms with van der Waals surface area (Å²) in [7, 11) is 0. The van der Waals surface area contributed by atoms with Gasteiger partial charge in [-0.05, 0) is 19.8 Å². The molecule has 4 heterocycles. The molecule has 1 aliphatic rings. The van der Waals surface area contributed by atoms with E-state index in [1.165, 1.54) is 0 Å². The molecule has 9 heteroatoms. The molecule has 4 rings (SSSR count). The van der Waals surface area contributed by atoms with Gasteiger partial charge < -0.3 is 9.32 Å². The van der Waals surface area contributed by atoms with E-state index in [2.05, 4.69) is 61.9 Å². The number of nitrogens with zero attached hydrogens (tertiary/aromatic N) is 8. The maximum absolute atomic E-state index is 5.88. The zero-order valence-electron chi connectivity index (χ0n) is 16.3. The lowest BCUT2D eigenvalue weighted by atomic mass is 10.1. The molecular weight excluding hydrogens is 344 g/mol. The van der Waals surface area contributed by atoms with Gasteiger partial charge in [0.2, 0.25) is 11.8 Å². The standard InChI is InChI=1S/C18H26N8O/c1-12(2)9-15-22-23-17(27-15)14(4)24-5-7-25(8-6-24)16-10-13(3)21-18-19-11-20-26(16)18/h10-12,14H,5-9H2,1-4H3/t14-/m0/s1. The van der Waals surface area contributed by atoms with Crippen LogP contribution in [0.4, 0.5) is 5.82 Å². The van der Waals surface area contributed by atoms with Gasteiger partial charge in [-0.15, -0.1) is 10.2 Å². The smallest absolute Gasteiger partial charge is 0.254 e. The highest BCUT2D eigenvalue weighted by Crippen LogP contribution is 2.24. The van der Waals surface area contributed by atoms with Crippen LogP contribution in [0.25, 0.3) is 5.78 Å². The quantitative estimate of drug-likeness (QED) is 0.673. The number of hydrogen-bond acceptors (Lipinski definition) is 8. The zero-order chi connectivity index (χ0) is 19.0. The number of aryl methyl sites for hydroxylation is 1. The molecule has 1 aliphatic heterocycles. The molecule has 27 heavy (non-hydrogen) atoms. The average Bonchev–Trinajstić information content (AvgIpc) is 3.29. The molecule has 1 atom stereocenters. The third-order valence-corrected chi connectivity index (χ3v) is 4.97. The first-order chi connectivity index (χ1) is 13.0. The van der Waals surface area contributed by atoms with Crippen molar-refractivity contribution < 1.29 is 4.42 Å². The number of anilines is 1. The molecule has 3 aromatic rings. The van der Waals surface area contributed by atoms with Gasteiger partial charge in [0.1, 0.15) is 12.1 Å². The van der Waals surface area contributed by atoms with Gasteiger partial charge in [0.05, 0.1) is 6.04 Å². The SMILES string of the molecule is Cc1cc(N2CCN([C@@H](C)c3nnc(CC(C)C)o3)CC2)n2ncnc2n1. The molecule has 0 saturated carbocycles. The van der Waals surface area contributed by atoms with E-state index in [0.29, 0.717) is 17.6 Å². The van der Waals surface area contributed by atoms with E-state index in [0.717, 1.165) is 50.0 Å². The van der Waals surface area contributed by atoms with E-state index < -0.39 is 0 Å². The molecule has 0 N–H and O–H groups in total. The molecule has 9 nitrogen and oxygen atoms in total. The van der Waals surface area contributed by atoms with Crippen LogP contribution in [-0.4, -0.2) is 60.9 Å². The van der Waals surface area contributed by atoms with Crippen molar-refractivity contribution in [2.24, 2.45) is 5.92 Å². The fourth-order valence-electron chi connectivity index (χ4n) is 3.50. The first kappa shape index (κ1) is 17.8. The van der Waals surface area contributed by atoms with Gasteiger partial charge in [-0.2, -0.15) is 14.6 Å². The summed E-state index contributed by atoms with van der Waals surface area (Å²) in [4.78, 5) is 13.4. The largest absolute Gasteiger partial charge is 0.424 e. The second-order valence-corrected chi connectivity index (χ2v) is 7.56. The van der Waals surface area contributed by atoms with Gasteiger partial charge in [-0.3, -0.25) is 4.90 Å². The van der Waals surface area contributed by atoms with E-state index in [1.807, 2.05) is 11.4 Å². The summed E-state index contributed by atoms with van der Waals surface area (Å²) in [6.07, 6.45) is 2.37. The van der Waals surface area contributed by atoms with Crippen LogP contribution in [0.5, 0.6) is 0 Å². The van der Waals surface area contributed by atoms with E-state index in [4.69, 9.17) is 4.42 Å². The predicted octanol–water partition coefficient (Wildman–Crippen LogP) is 1.90. The molecule has 144 valence electrons. The summed E-state index contributed by atoms with van der Waals surface area (Å²) in [6, 6.07) is 2.18. The number of hydrogen-bond donors (Lipinski definition) is 0. The Labute approximate surface area is 158 Å². The van der Waals surface area contributed by atoms with Gasteiger partial charge in [0.15, 0.2) is 0 Å². The van der Waals surface area contributed by atoms with Crippen molar-refractivity contribution in [1.29, 1.82) is 0 Å². The van der Waals surface area contributed by atoms with Gasteiger partial charge >= 0.3 is 0 Å². The number of aromatic nitrogens is 6. The van der Waals surface area contributed by atoms with Crippen molar-refractivity contribution >= 4 is 11.6 Å². The minimum Gasteiger partial charge on any atom is -0.424 e. The van der Waals surface area contributed by atoms with E-state index in [9.17, 15) is 0 Å². The fraction of sp³-hybridized carbons (Fsp3) is 0.611. The second-order valence-electron chi connectivity index (χ2n) is 7.56. The number of rotatable bonds is 5. The Morgan fingerprint density at radius 1 is 1.11 bits per heavy atom. The second kappa shape index (κ2) is 7.22. The minimum atomic E-state index is 0.117. The molecule has 1 fully saturated rings. The average molecular weight is 370 g/mol. The summed E-state index contributed by atoms with van der Waals surface area (Å²) in [5, 5.41) is 12.8. The van der Waals surface area contributed by atoms with Gasteiger partial charge in [-0.1, -0.05) is 13.8 Å². The topological polar surface area (TPSA) is 88.5 Å². The van der Waals surface area contributed by atoms with E-state index in [-0.39, 0.29) is 6.04 Å². The highest BCUT2D eigenvalue weighted by molar-refractivity contribution is 5.47. The highest BCUT2D eigenvalue weighted by Gasteiger charge is 2.27. The fourth-order valence-corrected chi connectivity index (χ4v) is 3.50. The van der Waals surface area contributed by atoms with Gasteiger partial charge in [0, 0.05) is 44.4 Å². The summed E-state index contributed by atoms with van der Waals surface area (Å²) < 4.78 is 7.68. The van der Waals surface area contributed by atoms with E-state index in [1.54, 1.807) is 6.33 Å². The molecule has 1 saturated heterocycles. The lowest BCUT2D eigenvalue weighted by molar-refractivity contribution is 0.170. The maximum atomic E-state index is 5.88. The molecule has 3 aromatic heterocycles. The molecule has 0 bridgehead atoms. The van der Waals surface area contributed by atoms with Crippen molar-refractivity contribution in [3.8, 4) is 0 Å². The summed E-state index contributed by atoms with van der Waals surface area (Å²) in [6.45, 7) is 12.1. The normalized spacial score (nSPS) is 17.1. The lowest BCUT2D eigenvalue weighted by Crippen LogP contribution is -2.47. The Kier molecular flexibility index (Phi) is 4.77. The van der Waals surface area contributed by atoms with Crippen molar-refractivity contribution in [3.05, 3.63) is 29.9 Å². The monoisotopic (exact) mass is 370 g/mol. The first-order valence-electron chi connectivity index (χ1n) is 9.50. The van der Waals surface area contributed by atoms with Crippen LogP contribution in [0.3, 0.4) is 0 Å².